The van der Waals surface area contributed by atoms with Crippen molar-refractivity contribution in [1.82, 2.24) is 0 Å². The number of carbonyl (C=O) groups is 1. The number of allylic oxidation sites excluding steroid dienone is 3. The first kappa shape index (κ1) is 22.8. The van der Waals surface area contributed by atoms with Gasteiger partial charge >= 0.3 is 0 Å². The summed E-state index contributed by atoms with van der Waals surface area (Å²) in [5.41, 5.74) is 9.46. The average Bonchev–Trinajstić information content (AvgIpc) is 3.18. The van der Waals surface area contributed by atoms with Gasteiger partial charge in [-0.2, -0.15) is 5.26 Å². The molecule has 2 N–H and O–H groups in total. The molecular weight excluding hydrogens is 482 g/mol. The lowest BCUT2D eigenvalue weighted by atomic mass is 9.69. The predicted octanol–water partition coefficient (Wildman–Crippen LogP) is 6.75. The molecule has 0 saturated carbocycles. The van der Waals surface area contributed by atoms with E-state index in [-0.39, 0.29) is 16.6 Å². The molecule has 1 aromatic heterocycles. The second-order valence-corrected chi connectivity index (χ2v) is 12.4. The minimum Gasteiger partial charge on any atom is -0.384 e. The molecule has 0 radical (unpaired) electrons. The SMILES string of the molecule is CC1(C)CC(=O)C2=C(C1)N(c1ccc(Br)cc1)C(N)=C(C#N)[C@@H]2c1ccc(C(C)(C)C)s1. The highest BCUT2D eigenvalue weighted by Gasteiger charge is 2.45. The summed E-state index contributed by atoms with van der Waals surface area (Å²) in [5.74, 6) is 0.107. The van der Waals surface area contributed by atoms with Crippen molar-refractivity contribution in [3.05, 3.63) is 73.3 Å². The fraction of sp³-hybridized carbons (Fsp3) is 0.385. The van der Waals surface area contributed by atoms with Crippen LogP contribution in [0.4, 0.5) is 5.69 Å². The smallest absolute Gasteiger partial charge is 0.162 e. The molecule has 1 aromatic carbocycles. The van der Waals surface area contributed by atoms with Gasteiger partial charge in [-0.15, -0.1) is 11.3 Å². The maximum absolute atomic E-state index is 13.6. The third-order valence-electron chi connectivity index (χ3n) is 6.12. The van der Waals surface area contributed by atoms with E-state index >= 15 is 0 Å². The van der Waals surface area contributed by atoms with Gasteiger partial charge in [-0.25, -0.2) is 0 Å². The highest BCUT2D eigenvalue weighted by atomic mass is 79.9. The normalized spacial score (nSPS) is 21.0. The predicted molar refractivity (Wildman–Crippen MR) is 134 cm³/mol. The van der Waals surface area contributed by atoms with Gasteiger partial charge in [0.1, 0.15) is 5.82 Å². The molecule has 32 heavy (non-hydrogen) atoms. The molecule has 2 aromatic rings. The highest BCUT2D eigenvalue weighted by molar-refractivity contribution is 9.10. The number of halogens is 1. The second kappa shape index (κ2) is 7.90. The largest absolute Gasteiger partial charge is 0.384 e. The quantitative estimate of drug-likeness (QED) is 0.485. The maximum Gasteiger partial charge on any atom is 0.162 e. The molecule has 0 fully saturated rings. The summed E-state index contributed by atoms with van der Waals surface area (Å²) < 4.78 is 0.960. The zero-order valence-corrected chi connectivity index (χ0v) is 21.5. The second-order valence-electron chi connectivity index (χ2n) is 10.4. The van der Waals surface area contributed by atoms with Crippen molar-refractivity contribution in [2.45, 2.75) is 58.8 Å². The van der Waals surface area contributed by atoms with Crippen LogP contribution in [0, 0.1) is 16.7 Å². The molecule has 2 aliphatic rings. The van der Waals surface area contributed by atoms with Crippen LogP contribution in [0.3, 0.4) is 0 Å². The zero-order chi connectivity index (χ0) is 23.4. The van der Waals surface area contributed by atoms with Crippen molar-refractivity contribution in [3.8, 4) is 6.07 Å². The van der Waals surface area contributed by atoms with Gasteiger partial charge in [0.2, 0.25) is 0 Å². The Labute approximate surface area is 202 Å². The highest BCUT2D eigenvalue weighted by Crippen LogP contribution is 2.51. The van der Waals surface area contributed by atoms with Crippen LogP contribution in [0.15, 0.2) is 63.5 Å². The van der Waals surface area contributed by atoms with Crippen molar-refractivity contribution < 1.29 is 4.79 Å². The molecule has 4 nitrogen and oxygen atoms in total. The Balaban J connectivity index is 1.96. The van der Waals surface area contributed by atoms with Crippen LogP contribution in [0.25, 0.3) is 0 Å². The van der Waals surface area contributed by atoms with E-state index in [2.05, 4.69) is 68.8 Å². The van der Waals surface area contributed by atoms with Gasteiger partial charge in [-0.1, -0.05) is 50.5 Å². The number of ketones is 1. The van der Waals surface area contributed by atoms with Gasteiger partial charge in [0.05, 0.1) is 17.6 Å². The summed E-state index contributed by atoms with van der Waals surface area (Å²) in [7, 11) is 0. The Morgan fingerprint density at radius 2 is 1.81 bits per heavy atom. The van der Waals surface area contributed by atoms with E-state index < -0.39 is 5.92 Å². The monoisotopic (exact) mass is 509 g/mol. The number of thiophene rings is 1. The lowest BCUT2D eigenvalue weighted by Crippen LogP contribution is -2.42. The third kappa shape index (κ3) is 3.93. The van der Waals surface area contributed by atoms with Crippen LogP contribution in [-0.2, 0) is 10.2 Å². The van der Waals surface area contributed by atoms with E-state index in [0.717, 1.165) is 32.7 Å². The molecule has 166 valence electrons. The summed E-state index contributed by atoms with van der Waals surface area (Å²) in [6.45, 7) is 10.8. The minimum atomic E-state index is -0.411. The van der Waals surface area contributed by atoms with Gasteiger partial charge in [-0.05, 0) is 53.6 Å². The number of nitriles is 1. The van der Waals surface area contributed by atoms with E-state index in [1.54, 1.807) is 11.3 Å². The van der Waals surface area contributed by atoms with E-state index in [4.69, 9.17) is 5.73 Å². The number of benzene rings is 1. The number of hydrogen-bond donors (Lipinski definition) is 1. The number of hydrogen-bond acceptors (Lipinski definition) is 5. The fourth-order valence-corrected chi connectivity index (χ4v) is 6.04. The molecule has 0 spiro atoms. The van der Waals surface area contributed by atoms with Crippen LogP contribution in [0.5, 0.6) is 0 Å². The Kier molecular flexibility index (Phi) is 5.63. The van der Waals surface area contributed by atoms with E-state index in [1.165, 1.54) is 4.88 Å². The topological polar surface area (TPSA) is 70.1 Å². The Bertz CT molecular complexity index is 1190. The van der Waals surface area contributed by atoms with Crippen LogP contribution in [-0.4, -0.2) is 5.78 Å². The van der Waals surface area contributed by atoms with Gasteiger partial charge in [0.25, 0.3) is 0 Å². The van der Waals surface area contributed by atoms with Gasteiger partial charge in [-0.3, -0.25) is 9.69 Å². The molecule has 6 heteroatoms. The summed E-state index contributed by atoms with van der Waals surface area (Å²) in [6.07, 6.45) is 1.18. The molecular formula is C26H28BrN3OS. The van der Waals surface area contributed by atoms with Crippen molar-refractivity contribution in [3.63, 3.8) is 0 Å². The molecule has 1 atom stereocenters. The van der Waals surface area contributed by atoms with Crippen molar-refractivity contribution in [2.75, 3.05) is 4.90 Å². The first-order valence-electron chi connectivity index (χ1n) is 10.7. The minimum absolute atomic E-state index is 0.00111. The first-order valence-corrected chi connectivity index (χ1v) is 12.4. The van der Waals surface area contributed by atoms with Crippen LogP contribution < -0.4 is 10.6 Å². The first-order chi connectivity index (χ1) is 14.9. The number of nitrogens with two attached hydrogens (primary N) is 1. The molecule has 4 rings (SSSR count). The van der Waals surface area contributed by atoms with Crippen LogP contribution in [0.1, 0.15) is 63.1 Å². The van der Waals surface area contributed by atoms with Gasteiger partial charge in [0.15, 0.2) is 5.78 Å². The molecule has 0 unspecified atom stereocenters. The van der Waals surface area contributed by atoms with Crippen LogP contribution >= 0.6 is 27.3 Å². The standard InChI is InChI=1S/C26H28BrN3OS/c1-25(2,3)21-11-10-20(32-21)22-17(14-28)24(29)30(16-8-6-15(27)7-9-16)18-12-26(4,5)13-19(31)23(18)22/h6-11,22H,12-13,29H2,1-5H3/t22-/m1/s1. The average molecular weight is 511 g/mol. The van der Waals surface area contributed by atoms with Crippen molar-refractivity contribution >= 4 is 38.7 Å². The number of nitrogens with zero attached hydrogens (tertiary/aromatic N) is 2. The number of anilines is 1. The molecule has 1 aliphatic carbocycles. The summed E-state index contributed by atoms with van der Waals surface area (Å²) in [4.78, 5) is 17.7. The fourth-order valence-electron chi connectivity index (χ4n) is 4.59. The number of Topliss-reactive ketones (excluding diaryl/α,β-unsaturated/α-hetero) is 1. The third-order valence-corrected chi connectivity index (χ3v) is 8.22. The Hall–Kier alpha value is -2.36. The number of carbonyl (C=O) groups excluding carboxylic acids is 1. The molecule has 2 heterocycles. The summed E-state index contributed by atoms with van der Waals surface area (Å²) >= 11 is 5.16. The Morgan fingerprint density at radius 3 is 2.38 bits per heavy atom. The van der Waals surface area contributed by atoms with Gasteiger partial charge in [0, 0.05) is 37.6 Å². The maximum atomic E-state index is 13.6. The molecule has 0 bridgehead atoms. The van der Waals surface area contributed by atoms with E-state index in [1.807, 2.05) is 29.2 Å². The van der Waals surface area contributed by atoms with E-state index in [0.29, 0.717) is 17.8 Å². The summed E-state index contributed by atoms with van der Waals surface area (Å²) in [5, 5.41) is 10.2. The Morgan fingerprint density at radius 1 is 1.16 bits per heavy atom. The molecule has 1 aliphatic heterocycles. The van der Waals surface area contributed by atoms with E-state index in [9.17, 15) is 10.1 Å². The van der Waals surface area contributed by atoms with Crippen molar-refractivity contribution in [2.24, 2.45) is 11.1 Å². The van der Waals surface area contributed by atoms with Crippen LogP contribution in [0.2, 0.25) is 0 Å². The van der Waals surface area contributed by atoms with Gasteiger partial charge < -0.3 is 5.73 Å². The summed E-state index contributed by atoms with van der Waals surface area (Å²) in [6, 6.07) is 14.4. The lowest BCUT2D eigenvalue weighted by Gasteiger charge is -2.43. The molecule has 0 saturated heterocycles. The molecule has 0 amide bonds. The zero-order valence-electron chi connectivity index (χ0n) is 19.1. The number of rotatable bonds is 2. The van der Waals surface area contributed by atoms with Crippen molar-refractivity contribution in [1.29, 1.82) is 5.26 Å². The lowest BCUT2D eigenvalue weighted by molar-refractivity contribution is -0.118.